The van der Waals surface area contributed by atoms with E-state index < -0.39 is 10.0 Å². The lowest BCUT2D eigenvalue weighted by atomic mass is 9.97. The van der Waals surface area contributed by atoms with E-state index in [2.05, 4.69) is 19.9 Å². The summed E-state index contributed by atoms with van der Waals surface area (Å²) in [5, 5.41) is 0.501. The van der Waals surface area contributed by atoms with Gasteiger partial charge in [0.25, 0.3) is 0 Å². The molecule has 11 heteroatoms. The second kappa shape index (κ2) is 6.63. The fourth-order valence-corrected chi connectivity index (χ4v) is 4.87. The molecule has 0 radical (unpaired) electrons. The summed E-state index contributed by atoms with van der Waals surface area (Å²) in [4.78, 5) is 15.9. The average Bonchev–Trinajstić information content (AvgIpc) is 3.06. The normalized spacial score (nSPS) is 16.8. The molecule has 27 heavy (non-hydrogen) atoms. The summed E-state index contributed by atoms with van der Waals surface area (Å²) >= 11 is 5.84. The molecule has 0 amide bonds. The van der Waals surface area contributed by atoms with Gasteiger partial charge in [-0.2, -0.15) is 14.3 Å². The molecule has 0 unspecified atom stereocenters. The monoisotopic (exact) mass is 407 g/mol. The second-order valence-corrected chi connectivity index (χ2v) is 8.79. The first kappa shape index (κ1) is 18.0. The number of nitrogen functional groups attached to an aromatic ring is 2. The number of aromatic nitrogens is 4. The van der Waals surface area contributed by atoms with E-state index in [1.165, 1.54) is 16.4 Å². The van der Waals surface area contributed by atoms with Crippen molar-refractivity contribution in [1.29, 1.82) is 0 Å². The highest BCUT2D eigenvalue weighted by Crippen LogP contribution is 2.31. The smallest absolute Gasteiger partial charge is 0.243 e. The topological polar surface area (TPSA) is 144 Å². The number of aromatic amines is 1. The van der Waals surface area contributed by atoms with Crippen LogP contribution >= 0.6 is 11.6 Å². The minimum absolute atomic E-state index is 0.0712. The van der Waals surface area contributed by atoms with Crippen molar-refractivity contribution < 1.29 is 8.42 Å². The minimum Gasteiger partial charge on any atom is -0.382 e. The Labute approximate surface area is 160 Å². The molecular formula is C16H18ClN7O2S. The van der Waals surface area contributed by atoms with Gasteiger partial charge in [-0.1, -0.05) is 11.6 Å². The second-order valence-electron chi connectivity index (χ2n) is 6.42. The van der Waals surface area contributed by atoms with Crippen LogP contribution in [0.5, 0.6) is 0 Å². The molecular weight excluding hydrogens is 390 g/mol. The van der Waals surface area contributed by atoms with E-state index in [4.69, 9.17) is 23.1 Å². The van der Waals surface area contributed by atoms with Gasteiger partial charge in [-0.15, -0.1) is 0 Å². The van der Waals surface area contributed by atoms with E-state index in [9.17, 15) is 8.42 Å². The van der Waals surface area contributed by atoms with Crippen LogP contribution in [0.2, 0.25) is 5.02 Å². The van der Waals surface area contributed by atoms with E-state index >= 15 is 0 Å². The van der Waals surface area contributed by atoms with E-state index in [0.29, 0.717) is 42.1 Å². The minimum atomic E-state index is -3.54. The van der Waals surface area contributed by atoms with Crippen LogP contribution in [0.25, 0.3) is 11.2 Å². The number of nitrogens with one attached hydrogen (secondary N) is 1. The lowest BCUT2D eigenvalue weighted by Crippen LogP contribution is -2.38. The molecule has 0 aliphatic carbocycles. The van der Waals surface area contributed by atoms with Crippen molar-refractivity contribution in [1.82, 2.24) is 24.2 Å². The Hall–Kier alpha value is -2.43. The largest absolute Gasteiger partial charge is 0.382 e. The van der Waals surface area contributed by atoms with Crippen LogP contribution in [0.4, 0.5) is 11.8 Å². The van der Waals surface area contributed by atoms with Crippen LogP contribution in [0.3, 0.4) is 0 Å². The van der Waals surface area contributed by atoms with Gasteiger partial charge in [0.1, 0.15) is 11.3 Å². The highest BCUT2D eigenvalue weighted by molar-refractivity contribution is 7.89. The van der Waals surface area contributed by atoms with E-state index in [0.717, 1.165) is 5.82 Å². The molecule has 3 heterocycles. The number of imidazole rings is 1. The SMILES string of the molecule is Nc1nc(N)c2[nH]c(C3CCN(S(=O)(=O)c4ccc(Cl)cc4)CC3)nc2n1. The van der Waals surface area contributed by atoms with Crippen LogP contribution in [-0.2, 0) is 10.0 Å². The van der Waals surface area contributed by atoms with Crippen LogP contribution in [0.15, 0.2) is 29.2 Å². The Morgan fingerprint density at radius 2 is 1.74 bits per heavy atom. The van der Waals surface area contributed by atoms with Gasteiger partial charge >= 0.3 is 0 Å². The van der Waals surface area contributed by atoms with E-state index in [-0.39, 0.29) is 22.6 Å². The Kier molecular flexibility index (Phi) is 4.41. The Morgan fingerprint density at radius 3 is 2.41 bits per heavy atom. The van der Waals surface area contributed by atoms with Crippen molar-refractivity contribution in [3.8, 4) is 0 Å². The van der Waals surface area contributed by atoms with Crippen molar-refractivity contribution in [2.24, 2.45) is 0 Å². The lowest BCUT2D eigenvalue weighted by Gasteiger charge is -2.30. The van der Waals surface area contributed by atoms with Crippen molar-refractivity contribution in [3.05, 3.63) is 35.1 Å². The molecule has 0 spiro atoms. The van der Waals surface area contributed by atoms with Gasteiger partial charge in [-0.3, -0.25) is 0 Å². The first-order chi connectivity index (χ1) is 12.8. The molecule has 9 nitrogen and oxygen atoms in total. The molecule has 1 aliphatic rings. The number of hydrogen-bond donors (Lipinski definition) is 3. The molecule has 142 valence electrons. The number of fused-ring (bicyclic) bond motifs is 1. The zero-order valence-corrected chi connectivity index (χ0v) is 15.8. The summed E-state index contributed by atoms with van der Waals surface area (Å²) in [7, 11) is -3.54. The predicted molar refractivity (Wildman–Crippen MR) is 103 cm³/mol. The fraction of sp³-hybridized carbons (Fsp3) is 0.312. The maximum Gasteiger partial charge on any atom is 0.243 e. The molecule has 1 fully saturated rings. The highest BCUT2D eigenvalue weighted by Gasteiger charge is 2.31. The predicted octanol–water partition coefficient (Wildman–Crippen LogP) is 1.74. The molecule has 1 saturated heterocycles. The number of nitrogens with two attached hydrogens (primary N) is 2. The Balaban J connectivity index is 1.52. The molecule has 0 atom stereocenters. The highest BCUT2D eigenvalue weighted by atomic mass is 35.5. The van der Waals surface area contributed by atoms with Gasteiger partial charge < -0.3 is 16.5 Å². The summed E-state index contributed by atoms with van der Waals surface area (Å²) in [6, 6.07) is 6.20. The molecule has 5 N–H and O–H groups in total. The summed E-state index contributed by atoms with van der Waals surface area (Å²) < 4.78 is 27.0. The van der Waals surface area contributed by atoms with Crippen LogP contribution < -0.4 is 11.5 Å². The van der Waals surface area contributed by atoms with Crippen LogP contribution in [0.1, 0.15) is 24.6 Å². The summed E-state index contributed by atoms with van der Waals surface area (Å²) in [6.07, 6.45) is 1.27. The first-order valence-electron chi connectivity index (χ1n) is 8.39. The standard InChI is InChI=1S/C16H18ClN7O2S/c17-10-1-3-11(4-2-10)27(25,26)24-7-5-9(6-8-24)14-20-12-13(18)21-16(19)23-15(12)22-14/h1-4,9H,5-8H2,(H5,18,19,20,21,22,23). The quantitative estimate of drug-likeness (QED) is 0.599. The van der Waals surface area contributed by atoms with Gasteiger partial charge in [0.05, 0.1) is 4.90 Å². The molecule has 0 bridgehead atoms. The van der Waals surface area contributed by atoms with Crippen molar-refractivity contribution in [3.63, 3.8) is 0 Å². The van der Waals surface area contributed by atoms with Gasteiger partial charge in [0.15, 0.2) is 11.5 Å². The zero-order chi connectivity index (χ0) is 19.2. The number of hydrogen-bond acceptors (Lipinski definition) is 7. The number of piperidine rings is 1. The third-order valence-corrected chi connectivity index (χ3v) is 6.87. The number of halogens is 1. The third kappa shape index (κ3) is 3.31. The lowest BCUT2D eigenvalue weighted by molar-refractivity contribution is 0.314. The van der Waals surface area contributed by atoms with Gasteiger partial charge in [0.2, 0.25) is 16.0 Å². The van der Waals surface area contributed by atoms with Gasteiger partial charge in [0, 0.05) is 24.0 Å². The number of nitrogens with zero attached hydrogens (tertiary/aromatic N) is 4. The van der Waals surface area contributed by atoms with Gasteiger partial charge in [-0.05, 0) is 37.1 Å². The first-order valence-corrected chi connectivity index (χ1v) is 10.2. The molecule has 0 saturated carbocycles. The summed E-state index contributed by atoms with van der Waals surface area (Å²) in [6.45, 7) is 0.798. The Morgan fingerprint density at radius 1 is 1.07 bits per heavy atom. The Bertz CT molecular complexity index is 1090. The summed E-state index contributed by atoms with van der Waals surface area (Å²) in [5.41, 5.74) is 12.4. The maximum atomic E-state index is 12.8. The maximum absolute atomic E-state index is 12.8. The van der Waals surface area contributed by atoms with Gasteiger partial charge in [-0.25, -0.2) is 13.4 Å². The molecule has 1 aliphatic heterocycles. The molecule has 1 aromatic carbocycles. The molecule has 3 aromatic rings. The number of rotatable bonds is 3. The average molecular weight is 408 g/mol. The summed E-state index contributed by atoms with van der Waals surface area (Å²) in [5.74, 6) is 1.12. The molecule has 2 aromatic heterocycles. The number of benzene rings is 1. The number of sulfonamides is 1. The van der Waals surface area contributed by atoms with Crippen molar-refractivity contribution in [2.45, 2.75) is 23.7 Å². The number of anilines is 2. The van der Waals surface area contributed by atoms with E-state index in [1.54, 1.807) is 12.1 Å². The van der Waals surface area contributed by atoms with Crippen molar-refractivity contribution in [2.75, 3.05) is 24.6 Å². The fourth-order valence-electron chi connectivity index (χ4n) is 3.27. The van der Waals surface area contributed by atoms with Crippen LogP contribution in [0, 0.1) is 0 Å². The number of H-pyrrole nitrogens is 1. The third-order valence-electron chi connectivity index (χ3n) is 4.71. The van der Waals surface area contributed by atoms with Crippen LogP contribution in [-0.4, -0.2) is 45.7 Å². The zero-order valence-electron chi connectivity index (χ0n) is 14.3. The molecule has 4 rings (SSSR count). The van der Waals surface area contributed by atoms with Crippen molar-refractivity contribution >= 4 is 44.6 Å². The van der Waals surface area contributed by atoms with E-state index in [1.807, 2.05) is 0 Å².